The number of aromatic amines is 1. The third kappa shape index (κ3) is 4.20. The van der Waals surface area contributed by atoms with Crippen LogP contribution in [0.3, 0.4) is 0 Å². The molecule has 0 saturated carbocycles. The van der Waals surface area contributed by atoms with Crippen molar-refractivity contribution in [2.75, 3.05) is 11.9 Å². The Morgan fingerprint density at radius 2 is 2.08 bits per heavy atom. The van der Waals surface area contributed by atoms with Crippen molar-refractivity contribution in [2.24, 2.45) is 0 Å². The molecule has 0 aliphatic carbocycles. The second kappa shape index (κ2) is 7.99. The minimum Gasteiger partial charge on any atom is -0.361 e. The summed E-state index contributed by atoms with van der Waals surface area (Å²) in [7, 11) is 0. The zero-order valence-electron chi connectivity index (χ0n) is 15.5. The van der Waals surface area contributed by atoms with Crippen molar-refractivity contribution in [3.05, 3.63) is 53.5 Å². The van der Waals surface area contributed by atoms with E-state index in [0.29, 0.717) is 18.2 Å². The van der Waals surface area contributed by atoms with Gasteiger partial charge in [0.15, 0.2) is 0 Å². The number of aryl methyl sites for hydroxylation is 1. The molecule has 0 saturated heterocycles. The first-order valence-electron chi connectivity index (χ1n) is 9.02. The smallest absolute Gasteiger partial charge is 0.270 e. The number of hydrogen-bond acceptors (Lipinski definition) is 4. The maximum absolute atomic E-state index is 12.5. The Morgan fingerprint density at radius 1 is 1.27 bits per heavy atom. The normalized spacial score (nSPS) is 12.1. The van der Waals surface area contributed by atoms with Crippen molar-refractivity contribution in [1.82, 2.24) is 20.3 Å². The van der Waals surface area contributed by atoms with E-state index in [2.05, 4.69) is 45.5 Å². The van der Waals surface area contributed by atoms with Crippen LogP contribution in [0.5, 0.6) is 0 Å². The van der Waals surface area contributed by atoms with Crippen LogP contribution < -0.4 is 10.6 Å². The van der Waals surface area contributed by atoms with Gasteiger partial charge < -0.3 is 15.6 Å². The average molecular weight is 351 g/mol. The lowest BCUT2D eigenvalue weighted by molar-refractivity contribution is 0.0949. The van der Waals surface area contributed by atoms with Gasteiger partial charge in [-0.25, -0.2) is 9.97 Å². The number of carbonyl (C=O) groups excluding carboxylic acids is 1. The molecule has 0 aliphatic heterocycles. The second-order valence-electron chi connectivity index (χ2n) is 6.54. The summed E-state index contributed by atoms with van der Waals surface area (Å²) in [5.74, 6) is 0.323. The topological polar surface area (TPSA) is 82.7 Å². The summed E-state index contributed by atoms with van der Waals surface area (Å²) in [6.45, 7) is 6.57. The molecule has 0 spiro atoms. The fourth-order valence-corrected chi connectivity index (χ4v) is 2.81. The highest BCUT2D eigenvalue weighted by molar-refractivity contribution is 5.92. The molecule has 0 fully saturated rings. The molecule has 0 aliphatic rings. The number of carbonyl (C=O) groups is 1. The predicted molar refractivity (Wildman–Crippen MR) is 104 cm³/mol. The Bertz CT molecular complexity index is 902. The molecule has 26 heavy (non-hydrogen) atoms. The first kappa shape index (κ1) is 17.9. The SMILES string of the molecule is CCC(C)Nc1nc(C)cc(C(=O)NCCc2c[nH]c3ccccc23)n1. The molecule has 0 bridgehead atoms. The third-order valence-corrected chi connectivity index (χ3v) is 4.43. The van der Waals surface area contributed by atoms with E-state index in [0.717, 1.165) is 24.1 Å². The molecule has 136 valence electrons. The number of benzene rings is 1. The van der Waals surface area contributed by atoms with E-state index in [-0.39, 0.29) is 11.9 Å². The molecule has 3 N–H and O–H groups in total. The summed E-state index contributed by atoms with van der Waals surface area (Å²) < 4.78 is 0. The monoisotopic (exact) mass is 351 g/mol. The first-order valence-corrected chi connectivity index (χ1v) is 9.02. The number of nitrogens with zero attached hydrogens (tertiary/aromatic N) is 2. The maximum atomic E-state index is 12.5. The van der Waals surface area contributed by atoms with Crippen LogP contribution in [0.2, 0.25) is 0 Å². The van der Waals surface area contributed by atoms with Crippen LogP contribution in [0, 0.1) is 6.92 Å². The van der Waals surface area contributed by atoms with Crippen molar-refractivity contribution in [2.45, 2.75) is 39.7 Å². The fraction of sp³-hybridized carbons (Fsp3) is 0.350. The van der Waals surface area contributed by atoms with E-state index >= 15 is 0 Å². The second-order valence-corrected chi connectivity index (χ2v) is 6.54. The lowest BCUT2D eigenvalue weighted by atomic mass is 10.1. The molecule has 6 nitrogen and oxygen atoms in total. The summed E-state index contributed by atoms with van der Waals surface area (Å²) in [5.41, 5.74) is 3.47. The lowest BCUT2D eigenvalue weighted by Crippen LogP contribution is -2.27. The molecule has 2 heterocycles. The van der Waals surface area contributed by atoms with Crippen LogP contribution in [-0.4, -0.2) is 33.4 Å². The van der Waals surface area contributed by atoms with Crippen LogP contribution in [0.4, 0.5) is 5.95 Å². The van der Waals surface area contributed by atoms with Gasteiger partial charge in [-0.1, -0.05) is 25.1 Å². The zero-order chi connectivity index (χ0) is 18.5. The van der Waals surface area contributed by atoms with E-state index in [1.54, 1.807) is 6.07 Å². The predicted octanol–water partition coefficient (Wildman–Crippen LogP) is 3.45. The first-order chi connectivity index (χ1) is 12.6. The van der Waals surface area contributed by atoms with Gasteiger partial charge >= 0.3 is 0 Å². The minimum atomic E-state index is -0.178. The molecular weight excluding hydrogens is 326 g/mol. The van der Waals surface area contributed by atoms with Crippen LogP contribution >= 0.6 is 0 Å². The molecule has 1 amide bonds. The lowest BCUT2D eigenvalue weighted by Gasteiger charge is -2.12. The van der Waals surface area contributed by atoms with E-state index in [9.17, 15) is 4.79 Å². The standard InChI is InChI=1S/C20H25N5O/c1-4-13(2)23-20-24-14(3)11-18(25-20)19(26)21-10-9-15-12-22-17-8-6-5-7-16(15)17/h5-8,11-13,22H,4,9-10H2,1-3H3,(H,21,26)(H,23,24,25). The molecule has 0 radical (unpaired) electrons. The van der Waals surface area contributed by atoms with Crippen LogP contribution in [0.15, 0.2) is 36.5 Å². The number of H-pyrrole nitrogens is 1. The van der Waals surface area contributed by atoms with Crippen molar-refractivity contribution in [3.63, 3.8) is 0 Å². The van der Waals surface area contributed by atoms with Crippen molar-refractivity contribution in [1.29, 1.82) is 0 Å². The average Bonchev–Trinajstić information content (AvgIpc) is 3.04. The molecule has 1 aromatic carbocycles. The van der Waals surface area contributed by atoms with Gasteiger partial charge in [-0.15, -0.1) is 0 Å². The number of fused-ring (bicyclic) bond motifs is 1. The summed E-state index contributed by atoms with van der Waals surface area (Å²) in [4.78, 5) is 24.4. The highest BCUT2D eigenvalue weighted by Crippen LogP contribution is 2.17. The van der Waals surface area contributed by atoms with Gasteiger partial charge in [0.25, 0.3) is 5.91 Å². The Kier molecular flexibility index (Phi) is 5.51. The Morgan fingerprint density at radius 3 is 2.88 bits per heavy atom. The molecule has 1 atom stereocenters. The minimum absolute atomic E-state index is 0.178. The fourth-order valence-electron chi connectivity index (χ4n) is 2.81. The molecule has 3 aromatic rings. The summed E-state index contributed by atoms with van der Waals surface area (Å²) >= 11 is 0. The van der Waals surface area contributed by atoms with E-state index in [1.807, 2.05) is 31.3 Å². The van der Waals surface area contributed by atoms with E-state index in [4.69, 9.17) is 0 Å². The van der Waals surface area contributed by atoms with Gasteiger partial charge in [-0.3, -0.25) is 4.79 Å². The van der Waals surface area contributed by atoms with Gasteiger partial charge in [-0.05, 0) is 44.4 Å². The Hall–Kier alpha value is -2.89. The molecule has 2 aromatic heterocycles. The number of rotatable bonds is 7. The van der Waals surface area contributed by atoms with Crippen LogP contribution in [0.25, 0.3) is 10.9 Å². The van der Waals surface area contributed by atoms with Crippen molar-refractivity contribution >= 4 is 22.8 Å². The van der Waals surface area contributed by atoms with E-state index < -0.39 is 0 Å². The molecule has 3 rings (SSSR count). The highest BCUT2D eigenvalue weighted by Gasteiger charge is 2.12. The number of hydrogen-bond donors (Lipinski definition) is 3. The Labute approximate surface area is 153 Å². The highest BCUT2D eigenvalue weighted by atomic mass is 16.1. The zero-order valence-corrected chi connectivity index (χ0v) is 15.5. The van der Waals surface area contributed by atoms with Gasteiger partial charge in [0, 0.05) is 35.4 Å². The van der Waals surface area contributed by atoms with Gasteiger partial charge in [0.05, 0.1) is 0 Å². The van der Waals surface area contributed by atoms with E-state index in [1.165, 1.54) is 10.9 Å². The summed E-state index contributed by atoms with van der Waals surface area (Å²) in [5, 5.41) is 7.37. The van der Waals surface area contributed by atoms with Gasteiger partial charge in [-0.2, -0.15) is 0 Å². The molecule has 6 heteroatoms. The molecule has 1 unspecified atom stereocenters. The maximum Gasteiger partial charge on any atom is 0.270 e. The van der Waals surface area contributed by atoms with Crippen LogP contribution in [-0.2, 0) is 6.42 Å². The quantitative estimate of drug-likeness (QED) is 0.609. The summed E-state index contributed by atoms with van der Waals surface area (Å²) in [6, 6.07) is 10.1. The summed E-state index contributed by atoms with van der Waals surface area (Å²) in [6.07, 6.45) is 3.72. The number of aromatic nitrogens is 3. The number of anilines is 1. The number of para-hydroxylation sites is 1. The van der Waals surface area contributed by atoms with Crippen LogP contribution in [0.1, 0.15) is 42.0 Å². The Balaban J connectivity index is 1.63. The number of nitrogens with one attached hydrogen (secondary N) is 3. The third-order valence-electron chi connectivity index (χ3n) is 4.43. The van der Waals surface area contributed by atoms with Crippen molar-refractivity contribution < 1.29 is 4.79 Å². The molecular formula is C20H25N5O. The van der Waals surface area contributed by atoms with Gasteiger partial charge in [0.2, 0.25) is 5.95 Å². The van der Waals surface area contributed by atoms with Crippen molar-refractivity contribution in [3.8, 4) is 0 Å². The number of amides is 1. The van der Waals surface area contributed by atoms with Gasteiger partial charge in [0.1, 0.15) is 5.69 Å². The largest absolute Gasteiger partial charge is 0.361 e.